The minimum absolute atomic E-state index is 0.199. The van der Waals surface area contributed by atoms with Crippen molar-refractivity contribution in [3.05, 3.63) is 34.9 Å². The first-order valence-corrected chi connectivity index (χ1v) is 7.73. The zero-order valence-corrected chi connectivity index (χ0v) is 14.6. The molecule has 1 aromatic rings. The van der Waals surface area contributed by atoms with Crippen LogP contribution in [0, 0.1) is 0 Å². The lowest BCUT2D eigenvalue weighted by atomic mass is 10.0. The van der Waals surface area contributed by atoms with Gasteiger partial charge in [-0.2, -0.15) is 0 Å². The number of primary amides is 1. The van der Waals surface area contributed by atoms with Gasteiger partial charge in [-0.25, -0.2) is 4.79 Å². The van der Waals surface area contributed by atoms with Crippen LogP contribution in [0.5, 0.6) is 0 Å². The Kier molecular flexibility index (Phi) is 7.03. The summed E-state index contributed by atoms with van der Waals surface area (Å²) in [4.78, 5) is 34.8. The summed E-state index contributed by atoms with van der Waals surface area (Å²) >= 11 is 6.08. The van der Waals surface area contributed by atoms with Gasteiger partial charge >= 0.3 is 12.0 Å². The summed E-state index contributed by atoms with van der Waals surface area (Å²) in [7, 11) is 0. The lowest BCUT2D eigenvalue weighted by molar-refractivity contribution is -0.149. The second kappa shape index (κ2) is 8.54. The molecule has 0 aromatic heterocycles. The van der Waals surface area contributed by atoms with E-state index >= 15 is 0 Å². The molecule has 1 rings (SSSR count). The number of ether oxygens (including phenoxy) is 1. The van der Waals surface area contributed by atoms with Gasteiger partial charge in [-0.15, -0.1) is 0 Å². The van der Waals surface area contributed by atoms with Gasteiger partial charge in [-0.05, 0) is 32.4 Å². The number of esters is 1. The molecule has 24 heavy (non-hydrogen) atoms. The van der Waals surface area contributed by atoms with Crippen molar-refractivity contribution in [1.82, 2.24) is 10.6 Å². The van der Waals surface area contributed by atoms with E-state index in [1.54, 1.807) is 24.3 Å². The largest absolute Gasteiger partial charge is 0.456 e. The SMILES string of the molecule is CC(C)(C)NC(=O)COC(=O)C[C@H](NC(N)=O)c1ccccc1Cl. The number of hydrogen-bond donors (Lipinski definition) is 3. The Hall–Kier alpha value is -2.28. The number of urea groups is 1. The molecule has 0 aliphatic rings. The van der Waals surface area contributed by atoms with E-state index in [0.717, 1.165) is 0 Å². The Balaban J connectivity index is 2.67. The highest BCUT2D eigenvalue weighted by Crippen LogP contribution is 2.25. The number of rotatable bonds is 6. The van der Waals surface area contributed by atoms with Gasteiger partial charge in [0.1, 0.15) is 0 Å². The van der Waals surface area contributed by atoms with Crippen molar-refractivity contribution in [2.24, 2.45) is 5.73 Å². The third kappa shape index (κ3) is 7.32. The second-order valence-corrected chi connectivity index (χ2v) is 6.65. The van der Waals surface area contributed by atoms with Crippen molar-refractivity contribution in [2.75, 3.05) is 6.61 Å². The molecule has 1 aromatic carbocycles. The molecule has 8 heteroatoms. The monoisotopic (exact) mass is 355 g/mol. The Labute approximate surface area is 145 Å². The van der Waals surface area contributed by atoms with Crippen molar-refractivity contribution < 1.29 is 19.1 Å². The number of nitrogens with one attached hydrogen (secondary N) is 2. The number of nitrogens with two attached hydrogens (primary N) is 1. The third-order valence-corrected chi connectivity index (χ3v) is 3.19. The molecule has 0 aliphatic carbocycles. The maximum absolute atomic E-state index is 12.0. The highest BCUT2D eigenvalue weighted by Gasteiger charge is 2.22. The molecule has 4 N–H and O–H groups in total. The molecule has 0 aliphatic heterocycles. The van der Waals surface area contributed by atoms with Gasteiger partial charge in [0, 0.05) is 10.6 Å². The fourth-order valence-corrected chi connectivity index (χ4v) is 2.26. The summed E-state index contributed by atoms with van der Waals surface area (Å²) in [6.45, 7) is 5.05. The molecule has 0 saturated heterocycles. The lowest BCUT2D eigenvalue weighted by Gasteiger charge is -2.21. The normalized spacial score (nSPS) is 12.2. The molecule has 7 nitrogen and oxygen atoms in total. The van der Waals surface area contributed by atoms with E-state index in [1.165, 1.54) is 0 Å². The quantitative estimate of drug-likeness (QED) is 0.677. The van der Waals surface area contributed by atoms with Crippen molar-refractivity contribution in [1.29, 1.82) is 0 Å². The zero-order chi connectivity index (χ0) is 18.3. The first kappa shape index (κ1) is 19.8. The molecule has 0 saturated carbocycles. The van der Waals surface area contributed by atoms with Gasteiger partial charge in [0.2, 0.25) is 0 Å². The second-order valence-electron chi connectivity index (χ2n) is 6.25. The fourth-order valence-electron chi connectivity index (χ4n) is 1.99. The van der Waals surface area contributed by atoms with Crippen LogP contribution in [0.3, 0.4) is 0 Å². The Bertz CT molecular complexity index is 614. The van der Waals surface area contributed by atoms with E-state index in [4.69, 9.17) is 22.1 Å². The van der Waals surface area contributed by atoms with Crippen molar-refractivity contribution in [2.45, 2.75) is 38.8 Å². The molecule has 3 amide bonds. The van der Waals surface area contributed by atoms with Crippen LogP contribution in [0.25, 0.3) is 0 Å². The number of amides is 3. The molecule has 0 unspecified atom stereocenters. The molecule has 0 heterocycles. The summed E-state index contributed by atoms with van der Waals surface area (Å²) in [6, 6.07) is 5.21. The van der Waals surface area contributed by atoms with Crippen molar-refractivity contribution >= 4 is 29.5 Å². The van der Waals surface area contributed by atoms with Gasteiger partial charge in [-0.3, -0.25) is 9.59 Å². The Morgan fingerprint density at radius 2 is 1.88 bits per heavy atom. The number of benzene rings is 1. The van der Waals surface area contributed by atoms with Crippen LogP contribution in [-0.2, 0) is 14.3 Å². The van der Waals surface area contributed by atoms with E-state index in [0.29, 0.717) is 10.6 Å². The van der Waals surface area contributed by atoms with Crippen LogP contribution in [0.1, 0.15) is 38.8 Å². The van der Waals surface area contributed by atoms with E-state index < -0.39 is 36.1 Å². The number of carbonyl (C=O) groups excluding carboxylic acids is 3. The van der Waals surface area contributed by atoms with Crippen LogP contribution in [0.15, 0.2) is 24.3 Å². The average molecular weight is 356 g/mol. The fraction of sp³-hybridized carbons (Fsp3) is 0.438. The minimum atomic E-state index is -0.793. The van der Waals surface area contributed by atoms with Gasteiger partial charge in [0.05, 0.1) is 12.5 Å². The Morgan fingerprint density at radius 1 is 1.25 bits per heavy atom. The van der Waals surface area contributed by atoms with E-state index in [1.807, 2.05) is 20.8 Å². The molecule has 1 atom stereocenters. The molecule has 0 spiro atoms. The maximum Gasteiger partial charge on any atom is 0.312 e. The number of halogens is 1. The first-order chi connectivity index (χ1) is 11.1. The van der Waals surface area contributed by atoms with Crippen LogP contribution >= 0.6 is 11.6 Å². The minimum Gasteiger partial charge on any atom is -0.456 e. The predicted octanol–water partition coefficient (Wildman–Crippen LogP) is 1.90. The number of carbonyl (C=O) groups is 3. The molecular weight excluding hydrogens is 334 g/mol. The standard InChI is InChI=1S/C16H22ClN3O4/c1-16(2,3)20-13(21)9-24-14(22)8-12(19-15(18)23)10-6-4-5-7-11(10)17/h4-7,12H,8-9H2,1-3H3,(H,20,21)(H3,18,19,23)/t12-/m0/s1. The lowest BCUT2D eigenvalue weighted by Crippen LogP contribution is -2.43. The van der Waals surface area contributed by atoms with Gasteiger partial charge < -0.3 is 21.1 Å². The van der Waals surface area contributed by atoms with Crippen LogP contribution in [0.2, 0.25) is 5.02 Å². The highest BCUT2D eigenvalue weighted by atomic mass is 35.5. The topological polar surface area (TPSA) is 111 Å². The van der Waals surface area contributed by atoms with E-state index in [9.17, 15) is 14.4 Å². The van der Waals surface area contributed by atoms with Crippen LogP contribution < -0.4 is 16.4 Å². The summed E-state index contributed by atoms with van der Waals surface area (Å²) in [5.41, 5.74) is 5.26. The van der Waals surface area contributed by atoms with Gasteiger partial charge in [0.15, 0.2) is 6.61 Å². The molecule has 0 fully saturated rings. The summed E-state index contributed by atoms with van der Waals surface area (Å²) < 4.78 is 4.94. The Morgan fingerprint density at radius 3 is 2.42 bits per heavy atom. The van der Waals surface area contributed by atoms with E-state index in [-0.39, 0.29) is 6.42 Å². The highest BCUT2D eigenvalue weighted by molar-refractivity contribution is 6.31. The summed E-state index contributed by atoms with van der Waals surface area (Å²) in [6.07, 6.45) is -0.199. The van der Waals surface area contributed by atoms with Crippen LogP contribution in [-0.4, -0.2) is 30.1 Å². The third-order valence-electron chi connectivity index (χ3n) is 2.85. The first-order valence-electron chi connectivity index (χ1n) is 7.35. The van der Waals surface area contributed by atoms with Crippen LogP contribution in [0.4, 0.5) is 4.79 Å². The average Bonchev–Trinajstić information content (AvgIpc) is 2.42. The molecule has 0 radical (unpaired) electrons. The zero-order valence-electron chi connectivity index (χ0n) is 13.9. The van der Waals surface area contributed by atoms with Crippen molar-refractivity contribution in [3.63, 3.8) is 0 Å². The number of hydrogen-bond acceptors (Lipinski definition) is 4. The smallest absolute Gasteiger partial charge is 0.312 e. The summed E-state index contributed by atoms with van der Waals surface area (Å²) in [5, 5.41) is 5.50. The van der Waals surface area contributed by atoms with Gasteiger partial charge in [-0.1, -0.05) is 29.8 Å². The molecular formula is C16H22ClN3O4. The van der Waals surface area contributed by atoms with Crippen molar-refractivity contribution in [3.8, 4) is 0 Å². The maximum atomic E-state index is 12.0. The predicted molar refractivity (Wildman–Crippen MR) is 90.4 cm³/mol. The molecule has 132 valence electrons. The van der Waals surface area contributed by atoms with Gasteiger partial charge in [0.25, 0.3) is 5.91 Å². The van der Waals surface area contributed by atoms with E-state index in [2.05, 4.69) is 10.6 Å². The molecule has 0 bridgehead atoms. The summed E-state index contributed by atoms with van der Waals surface area (Å²) in [5.74, 6) is -1.06.